The third-order valence-corrected chi connectivity index (χ3v) is 3.90. The van der Waals surface area contributed by atoms with Crippen molar-refractivity contribution in [1.29, 1.82) is 0 Å². The number of fused-ring (bicyclic) bond motifs is 6. The molecule has 0 atom stereocenters. The normalized spacial score (nSPS) is 11.3. The molecule has 0 aliphatic heterocycles. The first-order valence-electron chi connectivity index (χ1n) is 7.07. The van der Waals surface area contributed by atoms with E-state index in [1.54, 1.807) is 6.07 Å². The zero-order valence-corrected chi connectivity index (χ0v) is 12.0. The van der Waals surface area contributed by atoms with Crippen molar-refractivity contribution in [2.24, 2.45) is 0 Å². The van der Waals surface area contributed by atoms with Crippen molar-refractivity contribution in [2.45, 2.75) is 6.92 Å². The highest BCUT2D eigenvalue weighted by Gasteiger charge is 2.12. The molecule has 0 saturated heterocycles. The minimum atomic E-state index is -0.164. The van der Waals surface area contributed by atoms with E-state index in [0.717, 1.165) is 27.2 Å². The quantitative estimate of drug-likeness (QED) is 0.522. The van der Waals surface area contributed by atoms with E-state index in [9.17, 15) is 9.90 Å². The molecule has 2 heterocycles. The van der Waals surface area contributed by atoms with E-state index >= 15 is 0 Å². The lowest BCUT2D eigenvalue weighted by molar-refractivity contribution is -0.114. The number of rotatable bonds is 1. The number of aromatic nitrogens is 1. The maximum Gasteiger partial charge on any atom is 0.221 e. The first kappa shape index (κ1) is 12.7. The Kier molecular flexibility index (Phi) is 2.60. The number of anilines is 1. The van der Waals surface area contributed by atoms with E-state index < -0.39 is 0 Å². The van der Waals surface area contributed by atoms with Crippen molar-refractivity contribution in [2.75, 3.05) is 5.32 Å². The molecule has 2 aromatic carbocycles. The molecule has 0 aliphatic carbocycles. The number of nitrogens with zero attached hydrogens (tertiary/aromatic N) is 1. The average molecular weight is 290 g/mol. The Balaban J connectivity index is 2.23. The van der Waals surface area contributed by atoms with Gasteiger partial charge in [0.1, 0.15) is 5.75 Å². The second-order valence-electron chi connectivity index (χ2n) is 5.38. The highest BCUT2D eigenvalue weighted by Crippen LogP contribution is 2.37. The third-order valence-electron chi connectivity index (χ3n) is 3.90. The molecule has 0 aliphatic rings. The highest BCUT2D eigenvalue weighted by atomic mass is 16.3. The van der Waals surface area contributed by atoms with Crippen molar-refractivity contribution in [3.63, 3.8) is 0 Å². The molecule has 108 valence electrons. The van der Waals surface area contributed by atoms with Gasteiger partial charge in [0.2, 0.25) is 5.91 Å². The van der Waals surface area contributed by atoms with Gasteiger partial charge in [-0.05, 0) is 23.6 Å². The number of hydrogen-bond donors (Lipinski definition) is 2. The summed E-state index contributed by atoms with van der Waals surface area (Å²) in [6, 6.07) is 15.5. The zero-order valence-electron chi connectivity index (χ0n) is 12.0. The molecule has 4 rings (SSSR count). The zero-order chi connectivity index (χ0) is 15.3. The Bertz CT molecular complexity index is 1050. The number of phenolic OH excluding ortho intramolecular Hbond substituents is 1. The Morgan fingerprint density at radius 3 is 2.59 bits per heavy atom. The smallest absolute Gasteiger partial charge is 0.221 e. The maximum atomic E-state index is 11.3. The van der Waals surface area contributed by atoms with Crippen molar-refractivity contribution in [3.05, 3.63) is 54.7 Å². The van der Waals surface area contributed by atoms with Gasteiger partial charge < -0.3 is 14.8 Å². The van der Waals surface area contributed by atoms with Crippen LogP contribution in [-0.2, 0) is 4.79 Å². The largest absolute Gasteiger partial charge is 0.507 e. The molecular formula is C18H14N2O2. The number of hydrogen-bond acceptors (Lipinski definition) is 2. The lowest BCUT2D eigenvalue weighted by Crippen LogP contribution is -2.05. The summed E-state index contributed by atoms with van der Waals surface area (Å²) >= 11 is 0. The van der Waals surface area contributed by atoms with Crippen LogP contribution in [0.25, 0.3) is 27.2 Å². The van der Waals surface area contributed by atoms with Crippen LogP contribution in [0.15, 0.2) is 54.7 Å². The van der Waals surface area contributed by atoms with Crippen molar-refractivity contribution in [1.82, 2.24) is 4.40 Å². The van der Waals surface area contributed by atoms with E-state index in [2.05, 4.69) is 5.32 Å². The molecule has 2 aromatic heterocycles. The fourth-order valence-corrected chi connectivity index (χ4v) is 3.09. The number of benzene rings is 2. The van der Waals surface area contributed by atoms with Gasteiger partial charge in [0, 0.05) is 35.6 Å². The van der Waals surface area contributed by atoms with Crippen LogP contribution in [0.4, 0.5) is 5.69 Å². The van der Waals surface area contributed by atoms with Crippen LogP contribution < -0.4 is 5.32 Å². The van der Waals surface area contributed by atoms with Crippen LogP contribution in [-0.4, -0.2) is 15.4 Å². The minimum absolute atomic E-state index is 0.160. The molecular weight excluding hydrogens is 276 g/mol. The fourth-order valence-electron chi connectivity index (χ4n) is 3.09. The Hall–Kier alpha value is -3.01. The van der Waals surface area contributed by atoms with E-state index in [4.69, 9.17) is 0 Å². The number of amides is 1. The van der Waals surface area contributed by atoms with Crippen molar-refractivity contribution in [3.8, 4) is 5.75 Å². The minimum Gasteiger partial charge on any atom is -0.507 e. The SMILES string of the molecule is CC(=O)Nc1cc(O)c2c3ccccc3c3cccn3c2c1. The number of aromatic hydroxyl groups is 1. The summed E-state index contributed by atoms with van der Waals surface area (Å²) in [4.78, 5) is 11.3. The number of carbonyl (C=O) groups excluding carboxylic acids is 1. The summed E-state index contributed by atoms with van der Waals surface area (Å²) in [7, 11) is 0. The molecule has 0 bridgehead atoms. The van der Waals surface area contributed by atoms with Crippen LogP contribution >= 0.6 is 0 Å². The first-order valence-corrected chi connectivity index (χ1v) is 7.07. The fraction of sp³-hybridized carbons (Fsp3) is 0.0556. The Morgan fingerprint density at radius 1 is 1.05 bits per heavy atom. The highest BCUT2D eigenvalue weighted by molar-refractivity contribution is 6.15. The number of nitrogens with one attached hydrogen (secondary N) is 1. The molecule has 4 nitrogen and oxygen atoms in total. The maximum absolute atomic E-state index is 11.3. The van der Waals surface area contributed by atoms with Gasteiger partial charge in [0.25, 0.3) is 0 Å². The monoisotopic (exact) mass is 290 g/mol. The van der Waals surface area contributed by atoms with Gasteiger partial charge in [-0.15, -0.1) is 0 Å². The van der Waals surface area contributed by atoms with Crippen LogP contribution in [0.3, 0.4) is 0 Å². The molecule has 22 heavy (non-hydrogen) atoms. The molecule has 0 unspecified atom stereocenters. The lowest BCUT2D eigenvalue weighted by atomic mass is 10.0. The number of carbonyl (C=O) groups is 1. The van der Waals surface area contributed by atoms with Crippen LogP contribution in [0, 0.1) is 0 Å². The Morgan fingerprint density at radius 2 is 1.82 bits per heavy atom. The lowest BCUT2D eigenvalue weighted by Gasteiger charge is -2.12. The second kappa shape index (κ2) is 4.49. The molecule has 2 N–H and O–H groups in total. The summed E-state index contributed by atoms with van der Waals surface area (Å²) in [5, 5.41) is 16.1. The summed E-state index contributed by atoms with van der Waals surface area (Å²) in [6.07, 6.45) is 1.96. The standard InChI is InChI=1S/C18H14N2O2/c1-11(21)19-12-9-16-18(17(22)10-12)14-6-3-2-5-13(14)15-7-4-8-20(15)16/h2-10,22H,1H3,(H,19,21). The van der Waals surface area contributed by atoms with Gasteiger partial charge in [-0.2, -0.15) is 0 Å². The number of pyridine rings is 1. The molecule has 1 amide bonds. The predicted octanol–water partition coefficient (Wildman–Crippen LogP) is 3.91. The predicted molar refractivity (Wildman–Crippen MR) is 88.4 cm³/mol. The number of phenols is 1. The molecule has 4 heteroatoms. The van der Waals surface area contributed by atoms with Gasteiger partial charge in [-0.25, -0.2) is 0 Å². The molecule has 0 fully saturated rings. The van der Waals surface area contributed by atoms with Crippen molar-refractivity contribution >= 4 is 38.8 Å². The Labute approximate surface area is 126 Å². The van der Waals surface area contributed by atoms with E-state index in [1.165, 1.54) is 6.92 Å². The summed E-state index contributed by atoms with van der Waals surface area (Å²) in [5.41, 5.74) is 2.52. The van der Waals surface area contributed by atoms with Gasteiger partial charge >= 0.3 is 0 Å². The first-order chi connectivity index (χ1) is 10.6. The van der Waals surface area contributed by atoms with E-state index in [-0.39, 0.29) is 11.7 Å². The van der Waals surface area contributed by atoms with Gasteiger partial charge in [-0.1, -0.05) is 24.3 Å². The van der Waals surface area contributed by atoms with Crippen LogP contribution in [0.5, 0.6) is 5.75 Å². The second-order valence-corrected chi connectivity index (χ2v) is 5.38. The molecule has 4 aromatic rings. The van der Waals surface area contributed by atoms with Crippen LogP contribution in [0.1, 0.15) is 6.92 Å². The summed E-state index contributed by atoms with van der Waals surface area (Å²) in [5.74, 6) is -0.00339. The van der Waals surface area contributed by atoms with Gasteiger partial charge in [-0.3, -0.25) is 4.79 Å². The molecule has 0 spiro atoms. The molecule has 0 radical (unpaired) electrons. The van der Waals surface area contributed by atoms with Crippen molar-refractivity contribution < 1.29 is 9.90 Å². The van der Waals surface area contributed by atoms with E-state index in [0.29, 0.717) is 5.69 Å². The summed E-state index contributed by atoms with van der Waals surface area (Å²) < 4.78 is 2.03. The van der Waals surface area contributed by atoms with Gasteiger partial charge in [0.05, 0.1) is 11.0 Å². The summed E-state index contributed by atoms with van der Waals surface area (Å²) in [6.45, 7) is 1.45. The molecule has 0 saturated carbocycles. The topological polar surface area (TPSA) is 53.7 Å². The van der Waals surface area contributed by atoms with Crippen LogP contribution in [0.2, 0.25) is 0 Å². The average Bonchev–Trinajstić information content (AvgIpc) is 2.96. The third kappa shape index (κ3) is 1.74. The van der Waals surface area contributed by atoms with Gasteiger partial charge in [0.15, 0.2) is 0 Å². The van der Waals surface area contributed by atoms with E-state index in [1.807, 2.05) is 53.1 Å².